The van der Waals surface area contributed by atoms with Gasteiger partial charge in [0.2, 0.25) is 0 Å². The Morgan fingerprint density at radius 2 is 2.19 bits per heavy atom. The molecule has 0 saturated heterocycles. The summed E-state index contributed by atoms with van der Waals surface area (Å²) in [6.45, 7) is 5.03. The smallest absolute Gasteiger partial charge is 0.0591 e. The van der Waals surface area contributed by atoms with Crippen LogP contribution in [-0.4, -0.2) is 37.3 Å². The van der Waals surface area contributed by atoms with Crippen LogP contribution in [0, 0.1) is 0 Å². The van der Waals surface area contributed by atoms with E-state index in [1.807, 2.05) is 11.8 Å². The third kappa shape index (κ3) is 6.12. The maximum atomic E-state index is 5.55. The zero-order chi connectivity index (χ0) is 11.6. The molecule has 3 heteroatoms. The molecule has 1 saturated carbocycles. The molecule has 1 aliphatic carbocycles. The molecule has 2 atom stereocenters. The van der Waals surface area contributed by atoms with Crippen molar-refractivity contribution >= 4 is 11.8 Å². The summed E-state index contributed by atoms with van der Waals surface area (Å²) in [4.78, 5) is 0. The third-order valence-electron chi connectivity index (χ3n) is 3.28. The second-order valence-corrected chi connectivity index (χ2v) is 5.78. The van der Waals surface area contributed by atoms with Crippen molar-refractivity contribution in [2.24, 2.45) is 0 Å². The molecule has 2 unspecified atom stereocenters. The quantitative estimate of drug-likeness (QED) is 0.664. The van der Waals surface area contributed by atoms with Crippen LogP contribution in [0.5, 0.6) is 0 Å². The maximum Gasteiger partial charge on any atom is 0.0591 e. The zero-order valence-electron chi connectivity index (χ0n) is 10.8. The van der Waals surface area contributed by atoms with Crippen molar-refractivity contribution in [3.05, 3.63) is 0 Å². The van der Waals surface area contributed by atoms with Gasteiger partial charge in [0.1, 0.15) is 0 Å². The van der Waals surface area contributed by atoms with Crippen LogP contribution in [0.1, 0.15) is 45.4 Å². The molecular formula is C13H27NOS. The van der Waals surface area contributed by atoms with Crippen molar-refractivity contribution in [1.82, 2.24) is 5.32 Å². The minimum absolute atomic E-state index is 0.737. The van der Waals surface area contributed by atoms with Crippen molar-refractivity contribution in [1.29, 1.82) is 0 Å². The summed E-state index contributed by atoms with van der Waals surface area (Å²) >= 11 is 2.03. The van der Waals surface area contributed by atoms with Crippen LogP contribution >= 0.6 is 11.8 Å². The molecule has 1 N–H and O–H groups in total. The predicted molar refractivity (Wildman–Crippen MR) is 73.3 cm³/mol. The van der Waals surface area contributed by atoms with E-state index in [-0.39, 0.29) is 0 Å². The summed E-state index contributed by atoms with van der Waals surface area (Å²) in [5.41, 5.74) is 0. The fourth-order valence-corrected chi connectivity index (χ4v) is 3.06. The summed E-state index contributed by atoms with van der Waals surface area (Å²) in [6.07, 6.45) is 10.2. The lowest BCUT2D eigenvalue weighted by Crippen LogP contribution is -2.37. The van der Waals surface area contributed by atoms with E-state index in [0.29, 0.717) is 0 Å². The zero-order valence-corrected chi connectivity index (χ0v) is 11.7. The second-order valence-electron chi connectivity index (χ2n) is 4.64. The Kier molecular flexibility index (Phi) is 8.34. The van der Waals surface area contributed by atoms with Crippen LogP contribution in [0.3, 0.4) is 0 Å². The highest BCUT2D eigenvalue weighted by Crippen LogP contribution is 2.26. The number of nitrogens with one attached hydrogen (secondary N) is 1. The number of hydrogen-bond acceptors (Lipinski definition) is 3. The van der Waals surface area contributed by atoms with Gasteiger partial charge in [-0.05, 0) is 31.9 Å². The number of ether oxygens (including phenoxy) is 1. The molecule has 0 heterocycles. The minimum Gasteiger partial charge on any atom is -0.380 e. The molecule has 1 aliphatic rings. The van der Waals surface area contributed by atoms with E-state index in [1.54, 1.807) is 0 Å². The molecule has 1 rings (SSSR count). The Labute approximate surface area is 105 Å². The van der Waals surface area contributed by atoms with E-state index in [1.165, 1.54) is 38.5 Å². The van der Waals surface area contributed by atoms with Gasteiger partial charge < -0.3 is 10.1 Å². The first-order valence-corrected chi connectivity index (χ1v) is 7.99. The highest BCUT2D eigenvalue weighted by Gasteiger charge is 2.20. The van der Waals surface area contributed by atoms with Crippen LogP contribution in [0.4, 0.5) is 0 Å². The Hall–Kier alpha value is 0.270. The lowest BCUT2D eigenvalue weighted by atomic mass is 9.95. The molecule has 0 aliphatic heterocycles. The maximum absolute atomic E-state index is 5.55. The van der Waals surface area contributed by atoms with Crippen molar-refractivity contribution in [2.45, 2.75) is 56.7 Å². The largest absolute Gasteiger partial charge is 0.380 e. The van der Waals surface area contributed by atoms with Gasteiger partial charge in [-0.15, -0.1) is 0 Å². The van der Waals surface area contributed by atoms with Crippen molar-refractivity contribution in [3.8, 4) is 0 Å². The Bertz CT molecular complexity index is 166. The third-order valence-corrected chi connectivity index (χ3v) is 4.38. The van der Waals surface area contributed by atoms with Crippen molar-refractivity contribution in [2.75, 3.05) is 26.0 Å². The normalized spacial score (nSPS) is 25.9. The molecule has 16 heavy (non-hydrogen) atoms. The Balaban J connectivity index is 1.95. The van der Waals surface area contributed by atoms with E-state index >= 15 is 0 Å². The number of thioether (sulfide) groups is 1. The van der Waals surface area contributed by atoms with Gasteiger partial charge in [-0.1, -0.05) is 19.8 Å². The fraction of sp³-hybridized carbons (Fsp3) is 1.00. The minimum atomic E-state index is 0.737. The van der Waals surface area contributed by atoms with E-state index in [4.69, 9.17) is 4.74 Å². The summed E-state index contributed by atoms with van der Waals surface area (Å²) in [5.74, 6) is 0. The van der Waals surface area contributed by atoms with Crippen LogP contribution in [0.15, 0.2) is 0 Å². The number of hydrogen-bond donors (Lipinski definition) is 1. The summed E-state index contributed by atoms with van der Waals surface area (Å²) in [6, 6.07) is 0.737. The highest BCUT2D eigenvalue weighted by atomic mass is 32.2. The highest BCUT2D eigenvalue weighted by molar-refractivity contribution is 7.99. The first-order chi connectivity index (χ1) is 7.86. The average Bonchev–Trinajstić information content (AvgIpc) is 2.34. The lowest BCUT2D eigenvalue weighted by molar-refractivity contribution is 0.129. The first kappa shape index (κ1) is 14.3. The topological polar surface area (TPSA) is 21.3 Å². The van der Waals surface area contributed by atoms with Gasteiger partial charge in [-0.25, -0.2) is 0 Å². The van der Waals surface area contributed by atoms with Gasteiger partial charge in [-0.2, -0.15) is 11.8 Å². The monoisotopic (exact) mass is 245 g/mol. The standard InChI is InChI=1S/C13H27NOS/c1-3-4-9-15-10-8-14-12-6-5-7-13(11-12)16-2/h12-14H,3-11H2,1-2H3. The molecular weight excluding hydrogens is 218 g/mol. The predicted octanol–water partition coefficient (Wildman–Crippen LogP) is 3.07. The van der Waals surface area contributed by atoms with E-state index in [9.17, 15) is 0 Å². The molecule has 0 aromatic heterocycles. The fourth-order valence-electron chi connectivity index (χ4n) is 2.23. The van der Waals surface area contributed by atoms with Gasteiger partial charge >= 0.3 is 0 Å². The van der Waals surface area contributed by atoms with Crippen molar-refractivity contribution < 1.29 is 4.74 Å². The molecule has 0 amide bonds. The van der Waals surface area contributed by atoms with Crippen LogP contribution in [0.25, 0.3) is 0 Å². The SMILES string of the molecule is CCCCOCCNC1CCCC(SC)C1. The van der Waals surface area contributed by atoms with Crippen LogP contribution < -0.4 is 5.32 Å². The number of rotatable bonds is 8. The van der Waals surface area contributed by atoms with Gasteiger partial charge in [0.05, 0.1) is 6.61 Å². The first-order valence-electron chi connectivity index (χ1n) is 6.70. The summed E-state index contributed by atoms with van der Waals surface area (Å²) < 4.78 is 5.55. The van der Waals surface area contributed by atoms with Gasteiger partial charge in [-0.3, -0.25) is 0 Å². The molecule has 0 radical (unpaired) electrons. The van der Waals surface area contributed by atoms with Crippen LogP contribution in [-0.2, 0) is 4.74 Å². The van der Waals surface area contributed by atoms with E-state index in [0.717, 1.165) is 31.1 Å². The second kappa shape index (κ2) is 9.32. The molecule has 0 spiro atoms. The van der Waals surface area contributed by atoms with Gasteiger partial charge in [0.15, 0.2) is 0 Å². The van der Waals surface area contributed by atoms with Gasteiger partial charge in [0, 0.05) is 24.4 Å². The average molecular weight is 245 g/mol. The molecule has 1 fully saturated rings. The molecule has 0 aromatic carbocycles. The molecule has 2 nitrogen and oxygen atoms in total. The van der Waals surface area contributed by atoms with Gasteiger partial charge in [0.25, 0.3) is 0 Å². The van der Waals surface area contributed by atoms with E-state index in [2.05, 4.69) is 18.5 Å². The molecule has 0 aromatic rings. The molecule has 0 bridgehead atoms. The number of unbranched alkanes of at least 4 members (excludes halogenated alkanes) is 1. The van der Waals surface area contributed by atoms with Crippen molar-refractivity contribution in [3.63, 3.8) is 0 Å². The Morgan fingerprint density at radius 3 is 2.94 bits per heavy atom. The van der Waals surface area contributed by atoms with E-state index < -0.39 is 0 Å². The Morgan fingerprint density at radius 1 is 1.31 bits per heavy atom. The van der Waals surface area contributed by atoms with Crippen LogP contribution in [0.2, 0.25) is 0 Å². The summed E-state index contributed by atoms with van der Waals surface area (Å²) in [5, 5.41) is 4.51. The molecule has 96 valence electrons. The summed E-state index contributed by atoms with van der Waals surface area (Å²) in [7, 11) is 0. The lowest BCUT2D eigenvalue weighted by Gasteiger charge is -2.28.